The van der Waals surface area contributed by atoms with Crippen LogP contribution in [0.3, 0.4) is 0 Å². The van der Waals surface area contributed by atoms with E-state index in [9.17, 15) is 19.8 Å². The molecule has 0 bridgehead atoms. The molecule has 1 aliphatic carbocycles. The molecule has 0 amide bonds. The van der Waals surface area contributed by atoms with E-state index in [1.807, 2.05) is 6.92 Å². The summed E-state index contributed by atoms with van der Waals surface area (Å²) < 4.78 is 5.03. The number of carbonyl (C=O) groups is 2. The highest BCUT2D eigenvalue weighted by atomic mass is 16.5. The van der Waals surface area contributed by atoms with E-state index in [4.69, 9.17) is 4.74 Å². The summed E-state index contributed by atoms with van der Waals surface area (Å²) >= 11 is 0. The number of esters is 1. The second-order valence-electron chi connectivity index (χ2n) is 5.56. The lowest BCUT2D eigenvalue weighted by molar-refractivity contribution is -0.178. The summed E-state index contributed by atoms with van der Waals surface area (Å²) in [5.74, 6) is -2.41. The Balaban J connectivity index is 3.17. The van der Waals surface area contributed by atoms with Gasteiger partial charge in [0.2, 0.25) is 0 Å². The first-order valence-corrected chi connectivity index (χ1v) is 7.59. The van der Waals surface area contributed by atoms with E-state index in [0.29, 0.717) is 19.3 Å². The van der Waals surface area contributed by atoms with Gasteiger partial charge < -0.3 is 14.9 Å². The van der Waals surface area contributed by atoms with Gasteiger partial charge in [-0.15, -0.1) is 0 Å². The molecule has 0 aromatic heterocycles. The number of carboxylic acids is 1. The van der Waals surface area contributed by atoms with Crippen molar-refractivity contribution in [3.05, 3.63) is 0 Å². The van der Waals surface area contributed by atoms with Crippen molar-refractivity contribution in [2.75, 3.05) is 6.61 Å². The van der Waals surface area contributed by atoms with Gasteiger partial charge in [-0.05, 0) is 26.2 Å². The van der Waals surface area contributed by atoms with E-state index < -0.39 is 29.4 Å². The summed E-state index contributed by atoms with van der Waals surface area (Å²) in [5, 5.41) is 20.0. The van der Waals surface area contributed by atoms with Crippen LogP contribution in [0.1, 0.15) is 58.8 Å². The van der Waals surface area contributed by atoms with Crippen LogP contribution in [0.4, 0.5) is 0 Å². The van der Waals surface area contributed by atoms with Crippen molar-refractivity contribution < 1.29 is 24.5 Å². The third-order valence-electron chi connectivity index (χ3n) is 4.28. The minimum atomic E-state index is -1.60. The molecule has 1 aliphatic rings. The fourth-order valence-electron chi connectivity index (χ4n) is 3.31. The van der Waals surface area contributed by atoms with Gasteiger partial charge in [0.25, 0.3) is 0 Å². The molecule has 2 N–H and O–H groups in total. The van der Waals surface area contributed by atoms with Crippen molar-refractivity contribution in [2.45, 2.75) is 64.9 Å². The zero-order valence-electron chi connectivity index (χ0n) is 12.4. The highest BCUT2D eigenvalue weighted by Gasteiger charge is 2.55. The van der Waals surface area contributed by atoms with Gasteiger partial charge in [-0.2, -0.15) is 0 Å². The normalized spacial score (nSPS) is 26.4. The van der Waals surface area contributed by atoms with Crippen molar-refractivity contribution in [3.63, 3.8) is 0 Å². The van der Waals surface area contributed by atoms with Crippen molar-refractivity contribution in [1.82, 2.24) is 0 Å². The quantitative estimate of drug-likeness (QED) is 0.445. The number of hydrogen-bond donors (Lipinski definition) is 2. The molecule has 0 aromatic rings. The lowest BCUT2D eigenvalue weighted by atomic mass is 9.67. The van der Waals surface area contributed by atoms with Crippen LogP contribution in [-0.2, 0) is 14.3 Å². The highest BCUT2D eigenvalue weighted by molar-refractivity contribution is 5.99. The van der Waals surface area contributed by atoms with Crippen LogP contribution in [0.25, 0.3) is 0 Å². The fraction of sp³-hybridized carbons (Fsp3) is 0.867. The van der Waals surface area contributed by atoms with Crippen LogP contribution in [0.2, 0.25) is 0 Å². The maximum Gasteiger partial charge on any atom is 0.323 e. The molecule has 5 heteroatoms. The van der Waals surface area contributed by atoms with Crippen molar-refractivity contribution in [3.8, 4) is 0 Å². The number of aliphatic carboxylic acids is 1. The van der Waals surface area contributed by atoms with E-state index in [-0.39, 0.29) is 13.0 Å². The Kier molecular flexibility index (Phi) is 6.46. The van der Waals surface area contributed by atoms with Crippen LogP contribution < -0.4 is 0 Å². The minimum absolute atomic E-state index is 0.153. The maximum absolute atomic E-state index is 12.3. The monoisotopic (exact) mass is 286 g/mol. The molecule has 20 heavy (non-hydrogen) atoms. The Morgan fingerprint density at radius 1 is 1.20 bits per heavy atom. The first-order valence-electron chi connectivity index (χ1n) is 7.59. The van der Waals surface area contributed by atoms with E-state index in [0.717, 1.165) is 19.3 Å². The van der Waals surface area contributed by atoms with Crippen LogP contribution in [-0.4, -0.2) is 34.9 Å². The van der Waals surface area contributed by atoms with E-state index in [2.05, 4.69) is 0 Å². The lowest BCUT2D eigenvalue weighted by Gasteiger charge is -2.36. The molecule has 0 spiro atoms. The standard InChI is InChI=1S/C15H26O5/c1-3-10-15(13(17)18,14(19)20-4-2)11-8-6-5-7-9-12(11)16/h11-12,16H,3-10H2,1-2H3,(H,17,18). The average Bonchev–Trinajstić information content (AvgIpc) is 2.61. The maximum atomic E-state index is 12.3. The summed E-state index contributed by atoms with van der Waals surface area (Å²) in [6.07, 6.45) is 3.84. The average molecular weight is 286 g/mol. The molecule has 1 fully saturated rings. The Bertz CT molecular complexity index is 341. The molecule has 0 saturated heterocycles. The number of ether oxygens (including phenoxy) is 1. The van der Waals surface area contributed by atoms with Gasteiger partial charge in [-0.3, -0.25) is 9.59 Å². The summed E-state index contributed by atoms with van der Waals surface area (Å²) in [7, 11) is 0. The summed E-state index contributed by atoms with van der Waals surface area (Å²) in [4.78, 5) is 24.2. The zero-order valence-corrected chi connectivity index (χ0v) is 12.4. The van der Waals surface area contributed by atoms with E-state index in [1.165, 1.54) is 0 Å². The molecule has 1 rings (SSSR count). The highest BCUT2D eigenvalue weighted by Crippen LogP contribution is 2.43. The van der Waals surface area contributed by atoms with Crippen LogP contribution in [0.5, 0.6) is 0 Å². The molecule has 0 heterocycles. The number of rotatable bonds is 6. The van der Waals surface area contributed by atoms with Gasteiger partial charge in [-0.25, -0.2) is 0 Å². The van der Waals surface area contributed by atoms with Crippen molar-refractivity contribution in [1.29, 1.82) is 0 Å². The Morgan fingerprint density at radius 3 is 2.40 bits per heavy atom. The number of carboxylic acid groups (broad SMARTS) is 1. The minimum Gasteiger partial charge on any atom is -0.480 e. The number of carbonyl (C=O) groups excluding carboxylic acids is 1. The third-order valence-corrected chi connectivity index (χ3v) is 4.28. The molecule has 3 atom stereocenters. The largest absolute Gasteiger partial charge is 0.480 e. The summed E-state index contributed by atoms with van der Waals surface area (Å²) in [5.41, 5.74) is -1.60. The molecular weight excluding hydrogens is 260 g/mol. The molecule has 116 valence electrons. The van der Waals surface area contributed by atoms with E-state index in [1.54, 1.807) is 6.92 Å². The molecule has 0 aliphatic heterocycles. The van der Waals surface area contributed by atoms with Crippen LogP contribution in [0.15, 0.2) is 0 Å². The van der Waals surface area contributed by atoms with Crippen LogP contribution in [0, 0.1) is 11.3 Å². The van der Waals surface area contributed by atoms with Gasteiger partial charge in [-0.1, -0.05) is 32.6 Å². The molecule has 3 unspecified atom stereocenters. The first-order chi connectivity index (χ1) is 9.50. The number of aliphatic hydroxyl groups is 1. The van der Waals surface area contributed by atoms with Crippen LogP contribution >= 0.6 is 0 Å². The molecular formula is C15H26O5. The summed E-state index contributed by atoms with van der Waals surface area (Å²) in [6, 6.07) is 0. The van der Waals surface area contributed by atoms with Gasteiger partial charge in [0.05, 0.1) is 12.7 Å². The third kappa shape index (κ3) is 3.32. The molecule has 0 radical (unpaired) electrons. The predicted octanol–water partition coefficient (Wildman–Crippen LogP) is 2.36. The molecule has 0 aromatic carbocycles. The van der Waals surface area contributed by atoms with Gasteiger partial charge in [0.15, 0.2) is 5.41 Å². The van der Waals surface area contributed by atoms with Crippen molar-refractivity contribution in [2.24, 2.45) is 11.3 Å². The Morgan fingerprint density at radius 2 is 1.85 bits per heavy atom. The first kappa shape index (κ1) is 17.0. The molecule has 5 nitrogen and oxygen atoms in total. The Labute approximate surface area is 120 Å². The number of aliphatic hydroxyl groups excluding tert-OH is 1. The SMILES string of the molecule is CCCC(C(=O)O)(C(=O)OCC)C1CCCCCC1O. The Hall–Kier alpha value is -1.10. The summed E-state index contributed by atoms with van der Waals surface area (Å²) in [6.45, 7) is 3.67. The second-order valence-corrected chi connectivity index (χ2v) is 5.56. The lowest BCUT2D eigenvalue weighted by Crippen LogP contribution is -2.50. The van der Waals surface area contributed by atoms with Gasteiger partial charge in [0.1, 0.15) is 0 Å². The smallest absolute Gasteiger partial charge is 0.323 e. The topological polar surface area (TPSA) is 83.8 Å². The fourth-order valence-corrected chi connectivity index (χ4v) is 3.31. The van der Waals surface area contributed by atoms with Gasteiger partial charge in [0, 0.05) is 5.92 Å². The van der Waals surface area contributed by atoms with Crippen molar-refractivity contribution >= 4 is 11.9 Å². The van der Waals surface area contributed by atoms with Gasteiger partial charge >= 0.3 is 11.9 Å². The number of hydrogen-bond acceptors (Lipinski definition) is 4. The molecule has 1 saturated carbocycles. The zero-order chi connectivity index (χ0) is 15.2. The second kappa shape index (κ2) is 7.62. The van der Waals surface area contributed by atoms with E-state index >= 15 is 0 Å². The predicted molar refractivity (Wildman–Crippen MR) is 74.2 cm³/mol.